The Bertz CT molecular complexity index is 574. The lowest BCUT2D eigenvalue weighted by Gasteiger charge is -2.30. The van der Waals surface area contributed by atoms with Gasteiger partial charge in [-0.1, -0.05) is 19.8 Å². The van der Waals surface area contributed by atoms with Crippen molar-refractivity contribution in [1.82, 2.24) is 14.9 Å². The van der Waals surface area contributed by atoms with Gasteiger partial charge in [0, 0.05) is 25.3 Å². The normalized spacial score (nSPS) is 23.4. The van der Waals surface area contributed by atoms with Gasteiger partial charge in [0.25, 0.3) is 5.91 Å². The summed E-state index contributed by atoms with van der Waals surface area (Å²) in [6.45, 7) is 5.04. The molecule has 0 aromatic carbocycles. The topological polar surface area (TPSA) is 49.3 Å². The van der Waals surface area contributed by atoms with Crippen LogP contribution < -0.4 is 4.90 Å². The van der Waals surface area contributed by atoms with Crippen molar-refractivity contribution >= 4 is 11.9 Å². The Labute approximate surface area is 131 Å². The van der Waals surface area contributed by atoms with E-state index in [0.717, 1.165) is 49.1 Å². The number of carbonyl (C=O) groups is 1. The van der Waals surface area contributed by atoms with E-state index in [2.05, 4.69) is 16.8 Å². The van der Waals surface area contributed by atoms with Crippen molar-refractivity contribution in [3.8, 4) is 0 Å². The Balaban J connectivity index is 1.54. The summed E-state index contributed by atoms with van der Waals surface area (Å²) in [6.07, 6.45) is 8.93. The van der Waals surface area contributed by atoms with Gasteiger partial charge in [0.15, 0.2) is 0 Å². The Morgan fingerprint density at radius 3 is 2.59 bits per heavy atom. The number of hydrogen-bond acceptors (Lipinski definition) is 4. The van der Waals surface area contributed by atoms with Gasteiger partial charge in [-0.3, -0.25) is 4.79 Å². The molecular formula is C17H24N4O. The molecule has 22 heavy (non-hydrogen) atoms. The smallest absolute Gasteiger partial charge is 0.257 e. The first kappa shape index (κ1) is 14.0. The van der Waals surface area contributed by atoms with Crippen LogP contribution in [0, 0.1) is 5.92 Å². The van der Waals surface area contributed by atoms with Crippen LogP contribution in [0.25, 0.3) is 0 Å². The van der Waals surface area contributed by atoms with Gasteiger partial charge in [-0.25, -0.2) is 9.97 Å². The molecule has 1 saturated carbocycles. The van der Waals surface area contributed by atoms with E-state index in [0.29, 0.717) is 12.6 Å². The number of amides is 1. The molecule has 4 rings (SSSR count). The number of piperidine rings is 1. The summed E-state index contributed by atoms with van der Waals surface area (Å²) < 4.78 is 0. The minimum Gasteiger partial charge on any atom is -0.341 e. The van der Waals surface area contributed by atoms with Crippen LogP contribution in [-0.4, -0.2) is 39.9 Å². The molecule has 0 radical (unpaired) electrons. The molecule has 0 spiro atoms. The second-order valence-corrected chi connectivity index (χ2v) is 7.07. The third kappa shape index (κ3) is 2.36. The van der Waals surface area contributed by atoms with Crippen molar-refractivity contribution in [2.24, 2.45) is 5.92 Å². The predicted molar refractivity (Wildman–Crippen MR) is 84.8 cm³/mol. The van der Waals surface area contributed by atoms with E-state index in [9.17, 15) is 4.79 Å². The summed E-state index contributed by atoms with van der Waals surface area (Å²) in [7, 11) is 0. The van der Waals surface area contributed by atoms with Gasteiger partial charge in [0.2, 0.25) is 5.95 Å². The lowest BCUT2D eigenvalue weighted by atomic mass is 10.00. The molecule has 0 N–H and O–H groups in total. The number of hydrogen-bond donors (Lipinski definition) is 0. The lowest BCUT2D eigenvalue weighted by Crippen LogP contribution is -2.34. The van der Waals surface area contributed by atoms with Crippen molar-refractivity contribution in [2.75, 3.05) is 18.0 Å². The molecule has 5 nitrogen and oxygen atoms in total. The van der Waals surface area contributed by atoms with Gasteiger partial charge >= 0.3 is 0 Å². The van der Waals surface area contributed by atoms with Gasteiger partial charge in [0.1, 0.15) is 0 Å². The van der Waals surface area contributed by atoms with Crippen LogP contribution in [-0.2, 0) is 6.54 Å². The average molecular weight is 300 g/mol. The third-order valence-corrected chi connectivity index (χ3v) is 5.50. The fourth-order valence-corrected chi connectivity index (χ4v) is 3.97. The van der Waals surface area contributed by atoms with Crippen molar-refractivity contribution in [1.29, 1.82) is 0 Å². The monoisotopic (exact) mass is 300 g/mol. The summed E-state index contributed by atoms with van der Waals surface area (Å²) in [6, 6.07) is 0.418. The summed E-state index contributed by atoms with van der Waals surface area (Å²) in [5.41, 5.74) is 1.65. The predicted octanol–water partition coefficient (Wildman–Crippen LogP) is 2.61. The van der Waals surface area contributed by atoms with E-state index in [4.69, 9.17) is 4.98 Å². The number of rotatable bonds is 2. The summed E-state index contributed by atoms with van der Waals surface area (Å²) >= 11 is 0. The van der Waals surface area contributed by atoms with Crippen molar-refractivity contribution in [2.45, 2.75) is 58.0 Å². The van der Waals surface area contributed by atoms with Crippen molar-refractivity contribution < 1.29 is 4.79 Å². The van der Waals surface area contributed by atoms with Gasteiger partial charge < -0.3 is 9.80 Å². The second-order valence-electron chi connectivity index (χ2n) is 7.07. The quantitative estimate of drug-likeness (QED) is 0.842. The van der Waals surface area contributed by atoms with Crippen LogP contribution in [0.2, 0.25) is 0 Å². The average Bonchev–Trinajstić information content (AvgIpc) is 3.16. The number of fused-ring (bicyclic) bond motifs is 1. The maximum atomic E-state index is 12.5. The summed E-state index contributed by atoms with van der Waals surface area (Å²) in [5.74, 6) is 1.75. The molecule has 3 heterocycles. The first-order chi connectivity index (χ1) is 10.7. The van der Waals surface area contributed by atoms with E-state index in [1.54, 1.807) is 6.20 Å². The Kier molecular flexibility index (Phi) is 3.51. The first-order valence-corrected chi connectivity index (χ1v) is 8.64. The highest BCUT2D eigenvalue weighted by atomic mass is 16.2. The third-order valence-electron chi connectivity index (χ3n) is 5.50. The molecular weight excluding hydrogens is 276 g/mol. The fourth-order valence-electron chi connectivity index (χ4n) is 3.97. The molecule has 1 saturated heterocycles. The van der Waals surface area contributed by atoms with Gasteiger partial charge in [-0.2, -0.15) is 0 Å². The molecule has 3 aliphatic rings. The van der Waals surface area contributed by atoms with Gasteiger partial charge in [-0.05, 0) is 31.6 Å². The maximum Gasteiger partial charge on any atom is 0.257 e. The molecule has 0 atom stereocenters. The first-order valence-electron chi connectivity index (χ1n) is 8.64. The second kappa shape index (κ2) is 5.52. The lowest BCUT2D eigenvalue weighted by molar-refractivity contribution is 0.0706. The van der Waals surface area contributed by atoms with E-state index in [-0.39, 0.29) is 5.91 Å². The number of carbonyl (C=O) groups excluding carboxylic acids is 1. The Hall–Kier alpha value is -1.65. The minimum atomic E-state index is 0.140. The number of nitrogens with zero attached hydrogens (tertiary/aromatic N) is 4. The number of anilines is 1. The molecule has 2 aliphatic heterocycles. The van der Waals surface area contributed by atoms with Gasteiger partial charge in [-0.15, -0.1) is 0 Å². The minimum absolute atomic E-state index is 0.140. The van der Waals surface area contributed by atoms with E-state index in [1.807, 2.05) is 4.90 Å². The Morgan fingerprint density at radius 2 is 1.86 bits per heavy atom. The zero-order valence-electron chi connectivity index (χ0n) is 13.3. The van der Waals surface area contributed by atoms with E-state index < -0.39 is 0 Å². The molecule has 1 aromatic heterocycles. The van der Waals surface area contributed by atoms with E-state index in [1.165, 1.54) is 25.7 Å². The van der Waals surface area contributed by atoms with Crippen LogP contribution in [0.1, 0.15) is 61.5 Å². The molecule has 1 aliphatic carbocycles. The SMILES string of the molecule is CC1CCN(c2ncc3c(n2)CN(C2CCCC2)C3=O)CC1. The highest BCUT2D eigenvalue weighted by Gasteiger charge is 2.35. The molecule has 118 valence electrons. The highest BCUT2D eigenvalue weighted by molar-refractivity contribution is 5.97. The van der Waals surface area contributed by atoms with Gasteiger partial charge in [0.05, 0.1) is 17.8 Å². The van der Waals surface area contributed by atoms with Crippen molar-refractivity contribution in [3.05, 3.63) is 17.5 Å². The molecule has 0 unspecified atom stereocenters. The summed E-state index contributed by atoms with van der Waals surface area (Å²) in [5, 5.41) is 0. The standard InChI is InChI=1S/C17H24N4O/c1-12-6-8-20(9-7-12)17-18-10-14-15(19-17)11-21(16(14)22)13-4-2-3-5-13/h10,12-13H,2-9,11H2,1H3. The molecule has 5 heteroatoms. The summed E-state index contributed by atoms with van der Waals surface area (Å²) in [4.78, 5) is 26.0. The maximum absolute atomic E-state index is 12.5. The van der Waals surface area contributed by atoms with Crippen LogP contribution in [0.5, 0.6) is 0 Å². The zero-order chi connectivity index (χ0) is 15.1. The molecule has 1 amide bonds. The molecule has 1 aromatic rings. The zero-order valence-corrected chi connectivity index (χ0v) is 13.3. The van der Waals surface area contributed by atoms with Crippen LogP contribution >= 0.6 is 0 Å². The fraction of sp³-hybridized carbons (Fsp3) is 0.706. The Morgan fingerprint density at radius 1 is 1.14 bits per heavy atom. The van der Waals surface area contributed by atoms with Crippen LogP contribution in [0.15, 0.2) is 6.20 Å². The van der Waals surface area contributed by atoms with Crippen molar-refractivity contribution in [3.63, 3.8) is 0 Å². The number of aromatic nitrogens is 2. The van der Waals surface area contributed by atoms with E-state index >= 15 is 0 Å². The van der Waals surface area contributed by atoms with Crippen LogP contribution in [0.3, 0.4) is 0 Å². The molecule has 2 fully saturated rings. The largest absolute Gasteiger partial charge is 0.341 e. The molecule has 0 bridgehead atoms. The highest BCUT2D eigenvalue weighted by Crippen LogP contribution is 2.31. The van der Waals surface area contributed by atoms with Crippen LogP contribution in [0.4, 0.5) is 5.95 Å².